The molecule has 9 heteroatoms. The van der Waals surface area contributed by atoms with E-state index in [4.69, 9.17) is 5.73 Å². The molecular weight excluding hydrogens is 378 g/mol. The molecule has 3 rings (SSSR count). The number of carbonyl (C=O) groups excluding carboxylic acids is 1. The van der Waals surface area contributed by atoms with Crippen LogP contribution in [0.4, 0.5) is 5.82 Å². The zero-order valence-electron chi connectivity index (χ0n) is 15.2. The smallest absolute Gasteiger partial charge is 0.230 e. The average molecular weight is 397 g/mol. The van der Waals surface area contributed by atoms with Crippen LogP contribution in [0.3, 0.4) is 0 Å². The molecule has 0 aliphatic heterocycles. The van der Waals surface area contributed by atoms with Crippen molar-refractivity contribution in [1.82, 2.24) is 15.2 Å². The van der Waals surface area contributed by atoms with Gasteiger partial charge in [-0.25, -0.2) is 13.4 Å². The number of amides is 1. The van der Waals surface area contributed by atoms with Crippen LogP contribution >= 0.6 is 0 Å². The van der Waals surface area contributed by atoms with Crippen LogP contribution in [0.25, 0.3) is 22.4 Å². The molecule has 3 N–H and O–H groups in total. The topological polar surface area (TPSA) is 128 Å². The molecule has 0 radical (unpaired) electrons. The van der Waals surface area contributed by atoms with Gasteiger partial charge in [0.25, 0.3) is 0 Å². The molecule has 0 aliphatic carbocycles. The number of benzene rings is 1. The number of primary amides is 1. The van der Waals surface area contributed by atoms with Crippen molar-refractivity contribution in [1.29, 1.82) is 0 Å². The highest BCUT2D eigenvalue weighted by atomic mass is 32.2. The van der Waals surface area contributed by atoms with E-state index >= 15 is 0 Å². The van der Waals surface area contributed by atoms with Crippen molar-refractivity contribution in [3.63, 3.8) is 0 Å². The number of anilines is 1. The Morgan fingerprint density at radius 2 is 1.93 bits per heavy atom. The van der Waals surface area contributed by atoms with Gasteiger partial charge in [-0.15, -0.1) is 0 Å². The van der Waals surface area contributed by atoms with E-state index in [1.54, 1.807) is 24.4 Å². The van der Waals surface area contributed by atoms with E-state index in [1.165, 1.54) is 6.20 Å². The van der Waals surface area contributed by atoms with Crippen LogP contribution in [0.2, 0.25) is 0 Å². The van der Waals surface area contributed by atoms with E-state index in [1.807, 2.05) is 24.3 Å². The highest BCUT2D eigenvalue weighted by molar-refractivity contribution is 7.92. The molecule has 1 aromatic carbocycles. The highest BCUT2D eigenvalue weighted by Gasteiger charge is 2.12. The lowest BCUT2D eigenvalue weighted by molar-refractivity contribution is -0.117. The first-order valence-corrected chi connectivity index (χ1v) is 10.3. The molecule has 2 heterocycles. The summed E-state index contributed by atoms with van der Waals surface area (Å²) < 4.78 is 25.3. The van der Waals surface area contributed by atoms with E-state index in [0.29, 0.717) is 12.1 Å². The predicted octanol–water partition coefficient (Wildman–Crippen LogP) is 1.99. The summed E-state index contributed by atoms with van der Waals surface area (Å²) in [5.41, 5.74) is 9.41. The molecule has 28 heavy (non-hydrogen) atoms. The lowest BCUT2D eigenvalue weighted by Gasteiger charge is -2.13. The van der Waals surface area contributed by atoms with Gasteiger partial charge in [0.1, 0.15) is 5.82 Å². The van der Waals surface area contributed by atoms with Gasteiger partial charge in [-0.05, 0) is 53.4 Å². The number of pyridine rings is 1. The van der Waals surface area contributed by atoms with Crippen molar-refractivity contribution in [2.24, 2.45) is 5.73 Å². The van der Waals surface area contributed by atoms with Gasteiger partial charge in [0.05, 0.1) is 11.9 Å². The maximum atomic E-state index is 11.5. The van der Waals surface area contributed by atoms with Gasteiger partial charge in [-0.3, -0.25) is 9.52 Å². The van der Waals surface area contributed by atoms with Gasteiger partial charge >= 0.3 is 0 Å². The summed E-state index contributed by atoms with van der Waals surface area (Å²) >= 11 is 0. The highest BCUT2D eigenvalue weighted by Crippen LogP contribution is 2.30. The average Bonchev–Trinajstić information content (AvgIpc) is 2.65. The molecule has 0 saturated heterocycles. The molecule has 0 unspecified atom stereocenters. The molecule has 1 amide bonds. The summed E-state index contributed by atoms with van der Waals surface area (Å²) in [6.07, 6.45) is 4.82. The minimum absolute atomic E-state index is 0.191. The summed E-state index contributed by atoms with van der Waals surface area (Å²) in [4.78, 5) is 15.3. The number of hydrogen-bond donors (Lipinski definition) is 2. The van der Waals surface area contributed by atoms with Crippen LogP contribution in [0.15, 0.2) is 54.9 Å². The molecule has 2 aromatic heterocycles. The van der Waals surface area contributed by atoms with Crippen LogP contribution in [-0.2, 0) is 21.2 Å². The Labute approximate surface area is 162 Å². The van der Waals surface area contributed by atoms with Crippen molar-refractivity contribution in [2.75, 3.05) is 11.0 Å². The largest absolute Gasteiger partial charge is 0.370 e. The number of nitrogens with one attached hydrogen (secondary N) is 1. The number of aryl methyl sites for hydroxylation is 1. The van der Waals surface area contributed by atoms with Crippen molar-refractivity contribution >= 4 is 21.7 Å². The summed E-state index contributed by atoms with van der Waals surface area (Å²) in [5.74, 6) is -0.177. The molecular formula is C19H19N5O3S. The Hall–Kier alpha value is -3.33. The van der Waals surface area contributed by atoms with Crippen LogP contribution in [0.5, 0.6) is 0 Å². The first-order chi connectivity index (χ1) is 13.3. The molecule has 0 bridgehead atoms. The minimum Gasteiger partial charge on any atom is -0.370 e. The maximum Gasteiger partial charge on any atom is 0.230 e. The van der Waals surface area contributed by atoms with Gasteiger partial charge in [-0.2, -0.15) is 10.2 Å². The fraction of sp³-hybridized carbons (Fsp3) is 0.158. The zero-order chi connectivity index (χ0) is 20.1. The third kappa shape index (κ3) is 5.10. The Morgan fingerprint density at radius 3 is 2.61 bits per heavy atom. The molecule has 144 valence electrons. The summed E-state index contributed by atoms with van der Waals surface area (Å²) in [6.45, 7) is 0. The fourth-order valence-electron chi connectivity index (χ4n) is 2.80. The van der Waals surface area contributed by atoms with Crippen molar-refractivity contribution in [2.45, 2.75) is 12.8 Å². The van der Waals surface area contributed by atoms with Crippen LogP contribution < -0.4 is 10.5 Å². The quantitative estimate of drug-likeness (QED) is 0.627. The molecule has 0 spiro atoms. The Kier molecular flexibility index (Phi) is 5.65. The number of aromatic nitrogens is 3. The second-order valence-electron chi connectivity index (χ2n) is 6.25. The van der Waals surface area contributed by atoms with E-state index in [0.717, 1.165) is 28.5 Å². The number of nitrogens with two attached hydrogens (primary N) is 1. The third-order valence-corrected chi connectivity index (χ3v) is 4.55. The number of rotatable bonds is 7. The fourth-order valence-corrected chi connectivity index (χ4v) is 3.29. The van der Waals surface area contributed by atoms with Crippen molar-refractivity contribution in [3.05, 3.63) is 60.4 Å². The van der Waals surface area contributed by atoms with E-state index in [2.05, 4.69) is 19.9 Å². The predicted molar refractivity (Wildman–Crippen MR) is 107 cm³/mol. The first kappa shape index (κ1) is 19.4. The second-order valence-corrected chi connectivity index (χ2v) is 8.00. The summed E-state index contributed by atoms with van der Waals surface area (Å²) in [7, 11) is -3.44. The van der Waals surface area contributed by atoms with Gasteiger partial charge in [-0.1, -0.05) is 12.1 Å². The second kappa shape index (κ2) is 8.13. The molecule has 0 aliphatic rings. The molecule has 3 aromatic rings. The zero-order valence-corrected chi connectivity index (χ0v) is 16.0. The Balaban J connectivity index is 2.04. The van der Waals surface area contributed by atoms with E-state index < -0.39 is 15.9 Å². The monoisotopic (exact) mass is 397 g/mol. The summed E-state index contributed by atoms with van der Waals surface area (Å²) in [6, 6.07) is 12.8. The molecule has 8 nitrogen and oxygen atoms in total. The van der Waals surface area contributed by atoms with Crippen LogP contribution in [0, 0.1) is 0 Å². The molecule has 0 fully saturated rings. The van der Waals surface area contributed by atoms with Gasteiger partial charge in [0.2, 0.25) is 15.9 Å². The van der Waals surface area contributed by atoms with E-state index in [9.17, 15) is 13.2 Å². The van der Waals surface area contributed by atoms with Crippen molar-refractivity contribution in [3.8, 4) is 22.4 Å². The lowest BCUT2D eigenvalue weighted by atomic mass is 9.94. The minimum atomic E-state index is -3.44. The number of carbonyl (C=O) groups is 1. The molecule has 0 atom stereocenters. The number of nitrogens with zero attached hydrogens (tertiary/aromatic N) is 3. The SMILES string of the molecule is CS(=O)(=O)Nc1cc(-c2ccc(-c3cccnn3)cc2CCC(N)=O)ccn1. The van der Waals surface area contributed by atoms with Crippen molar-refractivity contribution < 1.29 is 13.2 Å². The Morgan fingerprint density at radius 1 is 1.11 bits per heavy atom. The molecule has 0 saturated carbocycles. The lowest BCUT2D eigenvalue weighted by Crippen LogP contribution is -2.12. The summed E-state index contributed by atoms with van der Waals surface area (Å²) in [5, 5.41) is 8.01. The van der Waals surface area contributed by atoms with Gasteiger partial charge < -0.3 is 5.73 Å². The maximum absolute atomic E-state index is 11.5. The number of sulfonamides is 1. The van der Waals surface area contributed by atoms with E-state index in [-0.39, 0.29) is 12.2 Å². The van der Waals surface area contributed by atoms with Crippen LogP contribution in [-0.4, -0.2) is 35.8 Å². The van der Waals surface area contributed by atoms with Gasteiger partial charge in [0, 0.05) is 24.4 Å². The third-order valence-electron chi connectivity index (χ3n) is 3.97. The first-order valence-electron chi connectivity index (χ1n) is 8.45. The normalized spacial score (nSPS) is 11.2. The van der Waals surface area contributed by atoms with Crippen LogP contribution in [0.1, 0.15) is 12.0 Å². The Bertz CT molecular complexity index is 1100. The number of hydrogen-bond acceptors (Lipinski definition) is 6. The van der Waals surface area contributed by atoms with Gasteiger partial charge in [0.15, 0.2) is 0 Å². The standard InChI is InChI=1S/C19H19N5O3S/c1-28(26,27)24-19-12-14(8-10-21-19)16-6-4-15(17-3-2-9-22-23-17)11-13(16)5-7-18(20)25/h2-4,6,8-12H,5,7H2,1H3,(H2,20,25)(H,21,24).